The summed E-state index contributed by atoms with van der Waals surface area (Å²) < 4.78 is 9.79. The van der Waals surface area contributed by atoms with Crippen LogP contribution >= 0.6 is 11.5 Å². The number of benzene rings is 1. The van der Waals surface area contributed by atoms with Gasteiger partial charge < -0.3 is 9.84 Å². The highest BCUT2D eigenvalue weighted by Gasteiger charge is 2.26. The first-order valence-corrected chi connectivity index (χ1v) is 7.75. The molecule has 0 fully saturated rings. The normalized spacial score (nSPS) is 19.6. The molecule has 106 valence electrons. The van der Waals surface area contributed by atoms with Crippen molar-refractivity contribution in [3.05, 3.63) is 46.0 Å². The first-order valence-electron chi connectivity index (χ1n) is 6.98. The molecular weight excluding hydrogens is 272 g/mol. The SMILES string of the molecule is CCc1nnsc1C(O)CC1OCCc2ccccc21. The van der Waals surface area contributed by atoms with Gasteiger partial charge in [-0.15, -0.1) is 5.10 Å². The molecule has 20 heavy (non-hydrogen) atoms. The summed E-state index contributed by atoms with van der Waals surface area (Å²) in [6.45, 7) is 2.75. The van der Waals surface area contributed by atoms with E-state index in [4.69, 9.17) is 4.74 Å². The van der Waals surface area contributed by atoms with Gasteiger partial charge in [-0.2, -0.15) is 0 Å². The van der Waals surface area contributed by atoms with Crippen molar-refractivity contribution in [2.75, 3.05) is 6.61 Å². The second-order valence-electron chi connectivity index (χ2n) is 5.00. The second kappa shape index (κ2) is 5.99. The van der Waals surface area contributed by atoms with Gasteiger partial charge in [-0.05, 0) is 35.5 Å². The van der Waals surface area contributed by atoms with Gasteiger partial charge in [0.1, 0.15) is 0 Å². The standard InChI is InChI=1S/C15H18N2O2S/c1-2-12-15(20-17-16-12)13(18)9-14-11-6-4-3-5-10(11)7-8-19-14/h3-6,13-14,18H,2,7-9H2,1H3. The zero-order valence-corrected chi connectivity index (χ0v) is 12.3. The van der Waals surface area contributed by atoms with Crippen molar-refractivity contribution in [1.82, 2.24) is 9.59 Å². The van der Waals surface area contributed by atoms with E-state index in [1.807, 2.05) is 13.0 Å². The lowest BCUT2D eigenvalue weighted by Crippen LogP contribution is -2.18. The molecule has 2 heterocycles. The van der Waals surface area contributed by atoms with E-state index in [1.165, 1.54) is 22.7 Å². The molecule has 1 aliphatic heterocycles. The maximum absolute atomic E-state index is 10.4. The van der Waals surface area contributed by atoms with Crippen molar-refractivity contribution in [3.8, 4) is 0 Å². The number of aliphatic hydroxyl groups excluding tert-OH is 1. The molecule has 0 spiro atoms. The van der Waals surface area contributed by atoms with Crippen molar-refractivity contribution >= 4 is 11.5 Å². The maximum atomic E-state index is 10.4. The van der Waals surface area contributed by atoms with Gasteiger partial charge in [0.2, 0.25) is 0 Å². The average Bonchev–Trinajstić information content (AvgIpc) is 2.96. The molecule has 0 saturated heterocycles. The summed E-state index contributed by atoms with van der Waals surface area (Å²) in [4.78, 5) is 0.874. The molecule has 0 aliphatic carbocycles. The zero-order chi connectivity index (χ0) is 13.9. The van der Waals surface area contributed by atoms with Crippen LogP contribution in [0.25, 0.3) is 0 Å². The van der Waals surface area contributed by atoms with Crippen LogP contribution in [0.2, 0.25) is 0 Å². The Morgan fingerprint density at radius 1 is 1.45 bits per heavy atom. The Bertz CT molecular complexity index is 585. The van der Waals surface area contributed by atoms with E-state index < -0.39 is 6.10 Å². The molecule has 1 aromatic heterocycles. The van der Waals surface area contributed by atoms with E-state index >= 15 is 0 Å². The fourth-order valence-electron chi connectivity index (χ4n) is 2.70. The topological polar surface area (TPSA) is 55.2 Å². The predicted molar refractivity (Wildman–Crippen MR) is 77.7 cm³/mol. The molecule has 2 aromatic rings. The molecule has 1 aliphatic rings. The van der Waals surface area contributed by atoms with E-state index in [-0.39, 0.29) is 6.10 Å². The minimum absolute atomic E-state index is 0.0400. The third kappa shape index (κ3) is 2.61. The molecule has 1 N–H and O–H groups in total. The number of ether oxygens (including phenoxy) is 1. The number of nitrogens with zero attached hydrogens (tertiary/aromatic N) is 2. The van der Waals surface area contributed by atoms with Gasteiger partial charge in [0, 0.05) is 6.42 Å². The number of fused-ring (bicyclic) bond motifs is 1. The Morgan fingerprint density at radius 3 is 3.15 bits per heavy atom. The van der Waals surface area contributed by atoms with Gasteiger partial charge in [-0.3, -0.25) is 0 Å². The van der Waals surface area contributed by atoms with E-state index in [2.05, 4.69) is 27.8 Å². The minimum atomic E-state index is -0.555. The molecule has 0 radical (unpaired) electrons. The van der Waals surface area contributed by atoms with Gasteiger partial charge in [-0.25, -0.2) is 0 Å². The van der Waals surface area contributed by atoms with Crippen LogP contribution in [0.3, 0.4) is 0 Å². The fourth-order valence-corrected chi connectivity index (χ4v) is 3.43. The molecule has 4 nitrogen and oxygen atoms in total. The Hall–Kier alpha value is -1.30. The third-order valence-electron chi connectivity index (χ3n) is 3.75. The quantitative estimate of drug-likeness (QED) is 0.940. The first-order chi connectivity index (χ1) is 9.79. The van der Waals surface area contributed by atoms with Gasteiger partial charge in [0.05, 0.1) is 29.4 Å². The molecule has 0 amide bonds. The summed E-state index contributed by atoms with van der Waals surface area (Å²) in [5.41, 5.74) is 3.43. The van der Waals surface area contributed by atoms with E-state index in [9.17, 15) is 5.11 Å². The predicted octanol–water partition coefficient (Wildman–Crippen LogP) is 2.84. The van der Waals surface area contributed by atoms with Crippen molar-refractivity contribution in [1.29, 1.82) is 0 Å². The van der Waals surface area contributed by atoms with E-state index in [1.54, 1.807) is 0 Å². The van der Waals surface area contributed by atoms with Crippen molar-refractivity contribution in [2.45, 2.75) is 38.4 Å². The Morgan fingerprint density at radius 2 is 2.30 bits per heavy atom. The zero-order valence-electron chi connectivity index (χ0n) is 11.5. The van der Waals surface area contributed by atoms with Crippen LogP contribution in [0.15, 0.2) is 24.3 Å². The maximum Gasteiger partial charge on any atom is 0.0945 e. The lowest BCUT2D eigenvalue weighted by molar-refractivity contribution is 0.00436. The van der Waals surface area contributed by atoms with Crippen LogP contribution in [-0.2, 0) is 17.6 Å². The van der Waals surface area contributed by atoms with Gasteiger partial charge in [-0.1, -0.05) is 35.7 Å². The van der Waals surface area contributed by atoms with Crippen LogP contribution in [0.5, 0.6) is 0 Å². The summed E-state index contributed by atoms with van der Waals surface area (Å²) >= 11 is 1.29. The van der Waals surface area contributed by atoms with E-state index in [0.29, 0.717) is 6.42 Å². The molecule has 3 rings (SSSR count). The highest BCUT2D eigenvalue weighted by atomic mass is 32.1. The molecule has 0 saturated carbocycles. The van der Waals surface area contributed by atoms with Gasteiger partial charge >= 0.3 is 0 Å². The molecule has 2 unspecified atom stereocenters. The summed E-state index contributed by atoms with van der Waals surface area (Å²) in [6, 6.07) is 8.32. The summed E-state index contributed by atoms with van der Waals surface area (Å²) in [7, 11) is 0. The van der Waals surface area contributed by atoms with Crippen LogP contribution in [0, 0.1) is 0 Å². The Labute approximate surface area is 122 Å². The smallest absolute Gasteiger partial charge is 0.0945 e. The average molecular weight is 290 g/mol. The highest BCUT2D eigenvalue weighted by Crippen LogP contribution is 2.35. The summed E-state index contributed by atoms with van der Waals surface area (Å²) in [5.74, 6) is 0. The van der Waals surface area contributed by atoms with Gasteiger partial charge in [0.15, 0.2) is 0 Å². The number of rotatable bonds is 4. The number of aryl methyl sites for hydroxylation is 1. The Kier molecular flexibility index (Phi) is 4.10. The number of hydrogen-bond acceptors (Lipinski definition) is 5. The summed E-state index contributed by atoms with van der Waals surface area (Å²) in [5, 5.41) is 14.5. The van der Waals surface area contributed by atoms with Crippen LogP contribution < -0.4 is 0 Å². The summed E-state index contributed by atoms with van der Waals surface area (Å²) in [6.07, 6.45) is 1.71. The molecular formula is C15H18N2O2S. The fraction of sp³-hybridized carbons (Fsp3) is 0.467. The van der Waals surface area contributed by atoms with Crippen molar-refractivity contribution < 1.29 is 9.84 Å². The third-order valence-corrected chi connectivity index (χ3v) is 4.62. The van der Waals surface area contributed by atoms with Crippen LogP contribution in [-0.4, -0.2) is 21.3 Å². The lowest BCUT2D eigenvalue weighted by Gasteiger charge is -2.27. The van der Waals surface area contributed by atoms with Gasteiger partial charge in [0.25, 0.3) is 0 Å². The van der Waals surface area contributed by atoms with Crippen LogP contribution in [0.4, 0.5) is 0 Å². The molecule has 0 bridgehead atoms. The van der Waals surface area contributed by atoms with Crippen molar-refractivity contribution in [2.24, 2.45) is 0 Å². The number of hydrogen-bond donors (Lipinski definition) is 1. The minimum Gasteiger partial charge on any atom is -0.387 e. The monoisotopic (exact) mass is 290 g/mol. The Balaban J connectivity index is 1.79. The second-order valence-corrected chi connectivity index (χ2v) is 5.78. The largest absolute Gasteiger partial charge is 0.387 e. The van der Waals surface area contributed by atoms with Crippen molar-refractivity contribution in [3.63, 3.8) is 0 Å². The highest BCUT2D eigenvalue weighted by molar-refractivity contribution is 7.05. The lowest BCUT2D eigenvalue weighted by atomic mass is 9.93. The first kappa shape index (κ1) is 13.7. The van der Waals surface area contributed by atoms with Crippen LogP contribution in [0.1, 0.15) is 47.3 Å². The molecule has 2 atom stereocenters. The molecule has 5 heteroatoms. The number of aliphatic hydroxyl groups is 1. The molecule has 1 aromatic carbocycles. The van der Waals surface area contributed by atoms with E-state index in [0.717, 1.165) is 30.0 Å². The number of aromatic nitrogens is 2.